The standard InChI is InChI=1S/C40H56N8O13/c1-11-33(52)48-17-15-32(51)42-23(4)35(54)44-25(6)38(58)60-30-13-12-27(19-28(18-21(2)37(56)57)45-39(59)61-40(8,9)10)20-29(30)46-36(55)24(5)43-34(53)22(3)41-31(50)14-16-47(48)26(7)49/h1,12-13,20-25,28H,14-19H2,2-10H3,(H,41,50)(H,42,51)(H,43,53)(H,44,54)(H,45,59)(H,46,55)(H,56,57)/t21?,22?,23?,24?,25?,28-/m1/s1. The minimum atomic E-state index is -1.32. The molecule has 1 aromatic carbocycles. The molecule has 1 aromatic rings. The molecule has 7 N–H and O–H groups in total. The van der Waals surface area contributed by atoms with E-state index in [-0.39, 0.29) is 30.8 Å². The molecule has 0 aliphatic carbocycles. The van der Waals surface area contributed by atoms with E-state index in [2.05, 4.69) is 31.9 Å². The summed E-state index contributed by atoms with van der Waals surface area (Å²) in [6.07, 6.45) is 3.67. The molecule has 21 heteroatoms. The van der Waals surface area contributed by atoms with Crippen molar-refractivity contribution in [3.8, 4) is 18.1 Å². The van der Waals surface area contributed by atoms with Crippen LogP contribution in [-0.2, 0) is 54.3 Å². The van der Waals surface area contributed by atoms with Gasteiger partial charge < -0.3 is 46.5 Å². The van der Waals surface area contributed by atoms with Gasteiger partial charge in [0, 0.05) is 25.8 Å². The first-order valence-electron chi connectivity index (χ1n) is 19.4. The van der Waals surface area contributed by atoms with E-state index in [4.69, 9.17) is 15.9 Å². The van der Waals surface area contributed by atoms with Crippen LogP contribution in [0, 0.1) is 18.3 Å². The summed E-state index contributed by atoms with van der Waals surface area (Å²) in [6.45, 7) is 12.1. The molecule has 0 saturated heterocycles. The molecule has 0 bridgehead atoms. The second-order valence-corrected chi connectivity index (χ2v) is 15.5. The molecular formula is C40H56N8O13. The van der Waals surface area contributed by atoms with E-state index >= 15 is 0 Å². The van der Waals surface area contributed by atoms with Crippen molar-refractivity contribution in [2.75, 3.05) is 18.4 Å². The maximum atomic E-state index is 13.5. The number of nitrogens with one attached hydrogen (secondary N) is 6. The third-order valence-corrected chi connectivity index (χ3v) is 8.90. The number of hydrogen-bond acceptors (Lipinski definition) is 12. The molecule has 0 fully saturated rings. The molecule has 1 aliphatic heterocycles. The fraction of sp³-hybridized carbons (Fsp3) is 0.550. The zero-order valence-electron chi connectivity index (χ0n) is 35.8. The molecule has 0 saturated carbocycles. The number of hydrazine groups is 1. The molecule has 6 atom stereocenters. The number of hydrogen-bond donors (Lipinski definition) is 7. The first-order chi connectivity index (χ1) is 28.3. The smallest absolute Gasteiger partial charge is 0.407 e. The lowest BCUT2D eigenvalue weighted by Crippen LogP contribution is -2.53. The molecule has 21 nitrogen and oxygen atoms in total. The van der Waals surface area contributed by atoms with Crippen molar-refractivity contribution in [3.63, 3.8) is 0 Å². The van der Waals surface area contributed by atoms with Crippen molar-refractivity contribution in [2.45, 2.75) is 124 Å². The normalized spacial score (nSPS) is 21.5. The Balaban J connectivity index is 2.53. The first kappa shape index (κ1) is 50.4. The van der Waals surface area contributed by atoms with Crippen LogP contribution in [-0.4, -0.2) is 123 Å². The summed E-state index contributed by atoms with van der Waals surface area (Å²) < 4.78 is 11.0. The topological polar surface area (TPSA) is 288 Å². The number of alkyl carbamates (subject to hydrolysis) is 1. The van der Waals surface area contributed by atoms with Crippen molar-refractivity contribution in [3.05, 3.63) is 23.8 Å². The number of rotatable bonds is 6. The van der Waals surface area contributed by atoms with Crippen molar-refractivity contribution < 1.29 is 62.5 Å². The number of anilines is 1. The van der Waals surface area contributed by atoms with Crippen molar-refractivity contribution in [1.29, 1.82) is 0 Å². The van der Waals surface area contributed by atoms with Gasteiger partial charge in [-0.2, -0.15) is 0 Å². The molecule has 0 aromatic heterocycles. The van der Waals surface area contributed by atoms with Crippen molar-refractivity contribution in [1.82, 2.24) is 36.6 Å². The summed E-state index contributed by atoms with van der Waals surface area (Å²) in [6, 6.07) is -1.51. The van der Waals surface area contributed by atoms with Crippen LogP contribution in [0.3, 0.4) is 0 Å². The van der Waals surface area contributed by atoms with Gasteiger partial charge in [-0.15, -0.1) is 6.42 Å². The predicted octanol–water partition coefficient (Wildman–Crippen LogP) is 0.115. The number of carbonyl (C=O) groups excluding carboxylic acids is 9. The second kappa shape index (κ2) is 22.6. The summed E-state index contributed by atoms with van der Waals surface area (Å²) >= 11 is 0. The number of esters is 1. The van der Waals surface area contributed by atoms with Gasteiger partial charge in [0.25, 0.3) is 0 Å². The third kappa shape index (κ3) is 16.8. The van der Waals surface area contributed by atoms with E-state index in [0.717, 1.165) is 16.9 Å². The number of terminal acetylenes is 1. The Morgan fingerprint density at radius 2 is 1.39 bits per heavy atom. The van der Waals surface area contributed by atoms with Crippen molar-refractivity contribution >= 4 is 65.1 Å². The maximum Gasteiger partial charge on any atom is 0.407 e. The molecule has 0 spiro atoms. The van der Waals surface area contributed by atoms with Crippen LogP contribution in [0.4, 0.5) is 10.5 Å². The lowest BCUT2D eigenvalue weighted by atomic mass is 9.96. The molecule has 0 radical (unpaired) electrons. The van der Waals surface area contributed by atoms with Gasteiger partial charge in [-0.05, 0) is 84.9 Å². The lowest BCUT2D eigenvalue weighted by Gasteiger charge is -2.32. The Morgan fingerprint density at radius 3 is 1.90 bits per heavy atom. The second-order valence-electron chi connectivity index (χ2n) is 15.5. The monoisotopic (exact) mass is 856 g/mol. The van der Waals surface area contributed by atoms with E-state index in [9.17, 15) is 53.1 Å². The quantitative estimate of drug-likeness (QED) is 0.114. The SMILES string of the molecule is C#CC(=O)N1CCC(=O)NC(C)C(=O)NC(C)C(=O)Oc2ccc(C[C@@H](CC(C)C(=O)O)NC(=O)OC(C)(C)C)cc2NC(=O)C(C)NC(=O)C(C)NC(=O)CCN1C(C)=O. The minimum Gasteiger partial charge on any atom is -0.481 e. The number of aliphatic carboxylic acids is 1. The number of nitrogens with zero attached hydrogens (tertiary/aromatic N) is 2. The van der Waals surface area contributed by atoms with Crippen LogP contribution in [0.1, 0.15) is 87.1 Å². The highest BCUT2D eigenvalue weighted by Gasteiger charge is 2.29. The molecule has 334 valence electrons. The number of benzene rings is 1. The van der Waals surface area contributed by atoms with E-state index < -0.39 is 120 Å². The van der Waals surface area contributed by atoms with Gasteiger partial charge in [-0.3, -0.25) is 43.4 Å². The average molecular weight is 857 g/mol. The predicted molar refractivity (Wildman–Crippen MR) is 217 cm³/mol. The highest BCUT2D eigenvalue weighted by Crippen LogP contribution is 2.28. The van der Waals surface area contributed by atoms with Crippen LogP contribution in [0.2, 0.25) is 0 Å². The summed E-state index contributed by atoms with van der Waals surface area (Å²) in [4.78, 5) is 128. The van der Waals surface area contributed by atoms with Gasteiger partial charge in [-0.1, -0.05) is 13.0 Å². The van der Waals surface area contributed by atoms with Crippen LogP contribution in [0.25, 0.3) is 0 Å². The Bertz CT molecular complexity index is 1910. The maximum absolute atomic E-state index is 13.5. The van der Waals surface area contributed by atoms with Gasteiger partial charge in [0.1, 0.15) is 29.8 Å². The van der Waals surface area contributed by atoms with Crippen LogP contribution in [0.15, 0.2) is 18.2 Å². The number of carboxylic acid groups (broad SMARTS) is 1. The van der Waals surface area contributed by atoms with Crippen molar-refractivity contribution in [2.24, 2.45) is 5.92 Å². The zero-order chi connectivity index (χ0) is 46.4. The summed E-state index contributed by atoms with van der Waals surface area (Å²) in [5.74, 6) is -6.86. The van der Waals surface area contributed by atoms with E-state index in [1.54, 1.807) is 20.8 Å². The molecule has 5 unspecified atom stereocenters. The van der Waals surface area contributed by atoms with Gasteiger partial charge in [0.2, 0.25) is 35.4 Å². The number of carbonyl (C=O) groups is 10. The number of amides is 8. The van der Waals surface area contributed by atoms with Crippen LogP contribution in [0.5, 0.6) is 5.75 Å². The molecule has 2 rings (SSSR count). The van der Waals surface area contributed by atoms with Crippen LogP contribution < -0.4 is 36.6 Å². The summed E-state index contributed by atoms with van der Waals surface area (Å²) in [7, 11) is 0. The minimum absolute atomic E-state index is 0.0141. The molecule has 1 aliphatic rings. The Kier molecular flexibility index (Phi) is 18.7. The zero-order valence-corrected chi connectivity index (χ0v) is 35.8. The number of ether oxygens (including phenoxy) is 2. The number of fused-ring (bicyclic) bond motifs is 1. The van der Waals surface area contributed by atoms with Gasteiger partial charge >= 0.3 is 23.9 Å². The van der Waals surface area contributed by atoms with E-state index in [1.807, 2.05) is 5.92 Å². The third-order valence-electron chi connectivity index (χ3n) is 8.90. The molecular weight excluding hydrogens is 800 g/mol. The Labute approximate surface area is 353 Å². The van der Waals surface area contributed by atoms with Crippen LogP contribution >= 0.6 is 0 Å². The number of carboxylic acids is 1. The molecule has 8 amide bonds. The summed E-state index contributed by atoms with van der Waals surface area (Å²) in [5.41, 5.74) is -0.495. The van der Waals surface area contributed by atoms with E-state index in [0.29, 0.717) is 5.56 Å². The van der Waals surface area contributed by atoms with Gasteiger partial charge in [0.15, 0.2) is 5.75 Å². The van der Waals surface area contributed by atoms with Gasteiger partial charge in [0.05, 0.1) is 24.7 Å². The summed E-state index contributed by atoms with van der Waals surface area (Å²) in [5, 5.41) is 26.3. The average Bonchev–Trinajstić information content (AvgIpc) is 3.14. The molecule has 1 heterocycles. The van der Waals surface area contributed by atoms with Gasteiger partial charge in [-0.25, -0.2) is 14.6 Å². The fourth-order valence-electron chi connectivity index (χ4n) is 5.64. The first-order valence-corrected chi connectivity index (χ1v) is 19.4. The highest BCUT2D eigenvalue weighted by molar-refractivity contribution is 6.00. The lowest BCUT2D eigenvalue weighted by molar-refractivity contribution is -0.160. The Hall–Kier alpha value is -6.72. The van der Waals surface area contributed by atoms with E-state index in [1.165, 1.54) is 52.8 Å². The fourth-order valence-corrected chi connectivity index (χ4v) is 5.64. The Morgan fingerprint density at radius 1 is 0.869 bits per heavy atom. The molecule has 61 heavy (non-hydrogen) atoms. The highest BCUT2D eigenvalue weighted by atomic mass is 16.6. The largest absolute Gasteiger partial charge is 0.481 e.